The number of nitrogens with zero attached hydrogens (tertiary/aromatic N) is 2. The SMILES string of the molecule is Cc1cccc(C)c1OCCCn1c(CCCCCNC(=O)c2ccc(Br)cc2)nc2ccccc21. The van der Waals surface area contributed by atoms with Gasteiger partial charge in [-0.3, -0.25) is 4.79 Å². The van der Waals surface area contributed by atoms with Crippen LogP contribution in [-0.4, -0.2) is 28.6 Å². The number of amides is 1. The molecule has 0 aliphatic carbocycles. The van der Waals surface area contributed by atoms with Crippen molar-refractivity contribution in [1.82, 2.24) is 14.9 Å². The highest BCUT2D eigenvalue weighted by Gasteiger charge is 2.11. The number of carbonyl (C=O) groups excluding carboxylic acids is 1. The van der Waals surface area contributed by atoms with Crippen LogP contribution in [0, 0.1) is 13.8 Å². The van der Waals surface area contributed by atoms with Crippen molar-refractivity contribution < 1.29 is 9.53 Å². The molecule has 0 aliphatic heterocycles. The van der Waals surface area contributed by atoms with E-state index < -0.39 is 0 Å². The van der Waals surface area contributed by atoms with Gasteiger partial charge in [0, 0.05) is 29.5 Å². The maximum atomic E-state index is 12.3. The molecule has 1 N–H and O–H groups in total. The summed E-state index contributed by atoms with van der Waals surface area (Å²) >= 11 is 3.40. The van der Waals surface area contributed by atoms with Gasteiger partial charge < -0.3 is 14.6 Å². The first-order valence-electron chi connectivity index (χ1n) is 12.7. The van der Waals surface area contributed by atoms with Crippen LogP contribution in [0.15, 0.2) is 71.2 Å². The van der Waals surface area contributed by atoms with E-state index in [1.54, 1.807) is 0 Å². The molecule has 0 fully saturated rings. The van der Waals surface area contributed by atoms with Crippen LogP contribution < -0.4 is 10.1 Å². The Morgan fingerprint density at radius 2 is 1.67 bits per heavy atom. The van der Waals surface area contributed by atoms with Crippen molar-refractivity contribution in [2.45, 2.75) is 52.5 Å². The summed E-state index contributed by atoms with van der Waals surface area (Å²) in [6, 6.07) is 22.0. The molecule has 0 bridgehead atoms. The van der Waals surface area contributed by atoms with Crippen LogP contribution in [0.5, 0.6) is 5.75 Å². The Balaban J connectivity index is 1.26. The minimum atomic E-state index is -0.0209. The van der Waals surface area contributed by atoms with Gasteiger partial charge in [-0.2, -0.15) is 0 Å². The molecule has 0 saturated carbocycles. The lowest BCUT2D eigenvalue weighted by Gasteiger charge is -2.13. The summed E-state index contributed by atoms with van der Waals surface area (Å²) in [5.41, 5.74) is 5.27. The van der Waals surface area contributed by atoms with Crippen LogP contribution in [0.25, 0.3) is 11.0 Å². The summed E-state index contributed by atoms with van der Waals surface area (Å²) in [4.78, 5) is 17.2. The highest BCUT2D eigenvalue weighted by molar-refractivity contribution is 9.10. The van der Waals surface area contributed by atoms with Crippen molar-refractivity contribution in [3.05, 3.63) is 93.7 Å². The van der Waals surface area contributed by atoms with Gasteiger partial charge in [0.15, 0.2) is 0 Å². The number of aryl methyl sites for hydroxylation is 4. The predicted molar refractivity (Wildman–Crippen MR) is 150 cm³/mol. The van der Waals surface area contributed by atoms with E-state index in [4.69, 9.17) is 9.72 Å². The normalized spacial score (nSPS) is 11.1. The predicted octanol–water partition coefficient (Wildman–Crippen LogP) is 7.03. The zero-order chi connectivity index (χ0) is 25.3. The molecule has 3 aromatic carbocycles. The lowest BCUT2D eigenvalue weighted by Crippen LogP contribution is -2.24. The fourth-order valence-corrected chi connectivity index (χ4v) is 4.74. The number of carbonyl (C=O) groups is 1. The zero-order valence-electron chi connectivity index (χ0n) is 21.1. The molecule has 1 heterocycles. The number of fused-ring (bicyclic) bond motifs is 1. The second-order valence-corrected chi connectivity index (χ2v) is 10.1. The van der Waals surface area contributed by atoms with Crippen LogP contribution in [0.2, 0.25) is 0 Å². The number of hydrogen-bond acceptors (Lipinski definition) is 3. The van der Waals surface area contributed by atoms with Crippen molar-refractivity contribution in [3.8, 4) is 5.75 Å². The molecule has 0 unspecified atom stereocenters. The van der Waals surface area contributed by atoms with Gasteiger partial charge in [0.05, 0.1) is 17.6 Å². The molecular weight excluding hydrogens is 514 g/mol. The van der Waals surface area contributed by atoms with E-state index in [-0.39, 0.29) is 5.91 Å². The summed E-state index contributed by atoms with van der Waals surface area (Å²) < 4.78 is 9.45. The van der Waals surface area contributed by atoms with Gasteiger partial charge >= 0.3 is 0 Å². The van der Waals surface area contributed by atoms with E-state index >= 15 is 0 Å². The van der Waals surface area contributed by atoms with Crippen LogP contribution in [0.4, 0.5) is 0 Å². The third kappa shape index (κ3) is 6.76. The largest absolute Gasteiger partial charge is 0.493 e. The van der Waals surface area contributed by atoms with Crippen LogP contribution in [0.1, 0.15) is 53.0 Å². The number of nitrogens with one attached hydrogen (secondary N) is 1. The standard InChI is InChI=1S/C30H34BrN3O2/c1-22-10-8-11-23(2)29(22)36-21-9-20-34-27-13-6-5-12-26(27)33-28(34)14-4-3-7-19-32-30(35)24-15-17-25(31)18-16-24/h5-6,8,10-13,15-18H,3-4,7,9,14,19-21H2,1-2H3,(H,32,35). The number of halogens is 1. The number of unbranched alkanes of at least 4 members (excludes halogenated alkanes) is 2. The Labute approximate surface area is 222 Å². The molecule has 4 rings (SSSR count). The third-order valence-electron chi connectivity index (χ3n) is 6.38. The lowest BCUT2D eigenvalue weighted by molar-refractivity contribution is 0.0953. The first-order chi connectivity index (χ1) is 17.5. The first kappa shape index (κ1) is 26.0. The molecule has 0 spiro atoms. The smallest absolute Gasteiger partial charge is 0.251 e. The number of ether oxygens (including phenoxy) is 1. The molecule has 0 saturated heterocycles. The molecule has 6 heteroatoms. The highest BCUT2D eigenvalue weighted by Crippen LogP contribution is 2.23. The average molecular weight is 549 g/mol. The van der Waals surface area contributed by atoms with Gasteiger partial charge in [0.1, 0.15) is 11.6 Å². The first-order valence-corrected chi connectivity index (χ1v) is 13.5. The van der Waals surface area contributed by atoms with Crippen molar-refractivity contribution in [3.63, 3.8) is 0 Å². The van der Waals surface area contributed by atoms with Crippen molar-refractivity contribution in [2.75, 3.05) is 13.2 Å². The average Bonchev–Trinajstić information content (AvgIpc) is 3.23. The maximum Gasteiger partial charge on any atom is 0.251 e. The topological polar surface area (TPSA) is 56.1 Å². The Bertz CT molecular complexity index is 1280. The molecule has 188 valence electrons. The summed E-state index contributed by atoms with van der Waals surface area (Å²) in [6.45, 7) is 6.42. The van der Waals surface area contributed by atoms with E-state index in [1.807, 2.05) is 30.3 Å². The highest BCUT2D eigenvalue weighted by atomic mass is 79.9. The quantitative estimate of drug-likeness (QED) is 0.194. The van der Waals surface area contributed by atoms with Crippen LogP contribution in [-0.2, 0) is 13.0 Å². The van der Waals surface area contributed by atoms with E-state index in [9.17, 15) is 4.79 Å². The Morgan fingerprint density at radius 1 is 0.917 bits per heavy atom. The fourth-order valence-electron chi connectivity index (χ4n) is 4.48. The fraction of sp³-hybridized carbons (Fsp3) is 0.333. The molecule has 0 atom stereocenters. The van der Waals surface area contributed by atoms with Gasteiger partial charge in [-0.05, 0) is 80.6 Å². The Kier molecular flexibility index (Phi) is 9.17. The van der Waals surface area contributed by atoms with Gasteiger partial charge in [-0.1, -0.05) is 52.7 Å². The van der Waals surface area contributed by atoms with E-state index in [1.165, 1.54) is 16.6 Å². The van der Waals surface area contributed by atoms with E-state index in [0.717, 1.165) is 60.2 Å². The van der Waals surface area contributed by atoms with Crippen LogP contribution in [0.3, 0.4) is 0 Å². The minimum Gasteiger partial charge on any atom is -0.493 e. The summed E-state index contributed by atoms with van der Waals surface area (Å²) in [6.07, 6.45) is 4.87. The molecule has 5 nitrogen and oxygen atoms in total. The molecular formula is C30H34BrN3O2. The summed E-state index contributed by atoms with van der Waals surface area (Å²) in [5.74, 6) is 2.11. The molecule has 4 aromatic rings. The monoisotopic (exact) mass is 547 g/mol. The van der Waals surface area contributed by atoms with Crippen molar-refractivity contribution >= 4 is 32.9 Å². The number of hydrogen-bond donors (Lipinski definition) is 1. The lowest BCUT2D eigenvalue weighted by atomic mass is 10.1. The number of imidazole rings is 1. The van der Waals surface area contributed by atoms with Crippen molar-refractivity contribution in [1.29, 1.82) is 0 Å². The summed E-state index contributed by atoms with van der Waals surface area (Å²) in [5, 5.41) is 3.02. The van der Waals surface area contributed by atoms with Gasteiger partial charge in [0.25, 0.3) is 5.91 Å². The van der Waals surface area contributed by atoms with Crippen LogP contribution >= 0.6 is 15.9 Å². The number of rotatable bonds is 12. The Hall–Kier alpha value is -3.12. The number of aromatic nitrogens is 2. The van der Waals surface area contributed by atoms with E-state index in [2.05, 4.69) is 76.1 Å². The van der Waals surface area contributed by atoms with Gasteiger partial charge in [-0.25, -0.2) is 4.98 Å². The summed E-state index contributed by atoms with van der Waals surface area (Å²) in [7, 11) is 0. The molecule has 0 radical (unpaired) electrons. The van der Waals surface area contributed by atoms with E-state index in [0.29, 0.717) is 18.7 Å². The maximum absolute atomic E-state index is 12.3. The van der Waals surface area contributed by atoms with Crippen molar-refractivity contribution in [2.24, 2.45) is 0 Å². The minimum absolute atomic E-state index is 0.0209. The molecule has 0 aliphatic rings. The zero-order valence-corrected chi connectivity index (χ0v) is 22.7. The Morgan fingerprint density at radius 3 is 2.44 bits per heavy atom. The van der Waals surface area contributed by atoms with Gasteiger partial charge in [0.2, 0.25) is 0 Å². The number of benzene rings is 3. The van der Waals surface area contributed by atoms with Gasteiger partial charge in [-0.15, -0.1) is 0 Å². The molecule has 36 heavy (non-hydrogen) atoms. The molecule has 1 amide bonds. The molecule has 1 aromatic heterocycles. The number of para-hydroxylation sites is 3. The second kappa shape index (κ2) is 12.7. The third-order valence-corrected chi connectivity index (χ3v) is 6.91. The second-order valence-electron chi connectivity index (χ2n) is 9.16.